The Morgan fingerprint density at radius 3 is 2.80 bits per heavy atom. The van der Waals surface area contributed by atoms with Gasteiger partial charge in [-0.1, -0.05) is 24.3 Å². The second-order valence-electron chi connectivity index (χ2n) is 7.42. The lowest BCUT2D eigenvalue weighted by atomic mass is 9.98. The number of carbonyl (C=O) groups is 1. The molecule has 3 aliphatic rings. The van der Waals surface area contributed by atoms with Crippen molar-refractivity contribution in [1.29, 1.82) is 0 Å². The van der Waals surface area contributed by atoms with Gasteiger partial charge in [-0.15, -0.1) is 0 Å². The molecule has 1 aliphatic carbocycles. The highest BCUT2D eigenvalue weighted by atomic mass is 32.1. The molecule has 1 unspecified atom stereocenters. The number of hydrogen-bond donors (Lipinski definition) is 0. The van der Waals surface area contributed by atoms with Crippen LogP contribution in [0.5, 0.6) is 0 Å². The first-order valence-corrected chi connectivity index (χ1v) is 9.99. The minimum absolute atomic E-state index is 0.0959. The summed E-state index contributed by atoms with van der Waals surface area (Å²) < 4.78 is 4.50. The van der Waals surface area contributed by atoms with E-state index in [1.807, 2.05) is 4.90 Å². The van der Waals surface area contributed by atoms with Crippen LogP contribution >= 0.6 is 11.5 Å². The first-order chi connectivity index (χ1) is 12.3. The Bertz CT molecular complexity index is 800. The quantitative estimate of drug-likeness (QED) is 0.850. The van der Waals surface area contributed by atoms with Crippen molar-refractivity contribution in [3.05, 3.63) is 41.2 Å². The Balaban J connectivity index is 1.24. The molecule has 5 nitrogen and oxygen atoms in total. The Morgan fingerprint density at radius 2 is 1.96 bits per heavy atom. The molecular weight excluding hydrogens is 332 g/mol. The molecule has 2 aromatic rings. The molecule has 0 spiro atoms. The summed E-state index contributed by atoms with van der Waals surface area (Å²) in [5.74, 6) is 2.02. The zero-order valence-electron chi connectivity index (χ0n) is 14.2. The molecule has 25 heavy (non-hydrogen) atoms. The first kappa shape index (κ1) is 15.3. The Labute approximate surface area is 151 Å². The van der Waals surface area contributed by atoms with E-state index in [0.29, 0.717) is 11.8 Å². The third kappa shape index (κ3) is 2.92. The molecule has 1 aromatic heterocycles. The van der Waals surface area contributed by atoms with Crippen LogP contribution in [-0.2, 0) is 17.8 Å². The van der Waals surface area contributed by atoms with E-state index < -0.39 is 0 Å². The Kier molecular flexibility index (Phi) is 3.73. The number of fused-ring (bicyclic) bond motifs is 1. The van der Waals surface area contributed by atoms with Crippen molar-refractivity contribution in [2.75, 3.05) is 24.5 Å². The fourth-order valence-electron chi connectivity index (χ4n) is 3.94. The van der Waals surface area contributed by atoms with Crippen molar-refractivity contribution in [3.63, 3.8) is 0 Å². The van der Waals surface area contributed by atoms with Crippen LogP contribution in [0.25, 0.3) is 0 Å². The molecule has 1 saturated carbocycles. The molecule has 1 amide bonds. The van der Waals surface area contributed by atoms with E-state index in [9.17, 15) is 4.79 Å². The maximum Gasteiger partial charge on any atom is 0.227 e. The van der Waals surface area contributed by atoms with E-state index in [-0.39, 0.29) is 5.92 Å². The highest BCUT2D eigenvalue weighted by molar-refractivity contribution is 7.09. The summed E-state index contributed by atoms with van der Waals surface area (Å²) in [6.07, 6.45) is 4.36. The number of amides is 1. The lowest BCUT2D eigenvalue weighted by Gasteiger charge is -2.30. The fourth-order valence-corrected chi connectivity index (χ4v) is 4.72. The highest BCUT2D eigenvalue weighted by Gasteiger charge is 2.35. The van der Waals surface area contributed by atoms with Gasteiger partial charge in [-0.2, -0.15) is 4.37 Å². The number of benzene rings is 1. The van der Waals surface area contributed by atoms with Gasteiger partial charge >= 0.3 is 0 Å². The molecule has 130 valence electrons. The highest BCUT2D eigenvalue weighted by Crippen LogP contribution is 2.40. The average Bonchev–Trinajstić information content (AvgIpc) is 3.19. The molecule has 0 radical (unpaired) electrons. The maximum atomic E-state index is 13.0. The lowest BCUT2D eigenvalue weighted by molar-refractivity contribution is -0.135. The van der Waals surface area contributed by atoms with E-state index in [1.165, 1.54) is 35.5 Å². The van der Waals surface area contributed by atoms with E-state index in [1.54, 1.807) is 0 Å². The summed E-state index contributed by atoms with van der Waals surface area (Å²) >= 11 is 1.50. The summed E-state index contributed by atoms with van der Waals surface area (Å²) in [7, 11) is 0. The van der Waals surface area contributed by atoms with Gasteiger partial charge in [0.1, 0.15) is 5.82 Å². The van der Waals surface area contributed by atoms with Crippen LogP contribution in [-0.4, -0.2) is 39.8 Å². The fraction of sp³-hybridized carbons (Fsp3) is 0.526. The van der Waals surface area contributed by atoms with Crippen LogP contribution in [0.4, 0.5) is 5.13 Å². The number of rotatable bonds is 3. The summed E-state index contributed by atoms with van der Waals surface area (Å²) in [6.45, 7) is 3.31. The number of hydrogen-bond acceptors (Lipinski definition) is 5. The third-order valence-electron chi connectivity index (χ3n) is 5.62. The van der Waals surface area contributed by atoms with Crippen LogP contribution in [0, 0.1) is 5.92 Å². The molecule has 2 fully saturated rings. The van der Waals surface area contributed by atoms with Gasteiger partial charge in [0.05, 0.1) is 5.92 Å². The van der Waals surface area contributed by atoms with Crippen molar-refractivity contribution < 1.29 is 4.79 Å². The number of anilines is 1. The van der Waals surface area contributed by atoms with E-state index in [4.69, 9.17) is 4.98 Å². The number of carbonyl (C=O) groups excluding carboxylic acids is 1. The summed E-state index contributed by atoms with van der Waals surface area (Å²) in [6, 6.07) is 8.48. The van der Waals surface area contributed by atoms with E-state index >= 15 is 0 Å². The second-order valence-corrected chi connectivity index (χ2v) is 8.15. The molecule has 1 saturated heterocycles. The lowest BCUT2D eigenvalue weighted by Crippen LogP contribution is -2.40. The van der Waals surface area contributed by atoms with Gasteiger partial charge in [0.2, 0.25) is 11.0 Å². The minimum atomic E-state index is 0.0959. The smallest absolute Gasteiger partial charge is 0.227 e. The maximum absolute atomic E-state index is 13.0. The summed E-state index contributed by atoms with van der Waals surface area (Å²) in [5.41, 5.74) is 2.69. The Morgan fingerprint density at radius 1 is 1.12 bits per heavy atom. The molecule has 1 aromatic carbocycles. The van der Waals surface area contributed by atoms with Gasteiger partial charge in [-0.25, -0.2) is 4.98 Å². The van der Waals surface area contributed by atoms with Crippen LogP contribution in [0.2, 0.25) is 0 Å². The molecule has 0 bridgehead atoms. The van der Waals surface area contributed by atoms with Crippen molar-refractivity contribution in [3.8, 4) is 0 Å². The van der Waals surface area contributed by atoms with E-state index in [0.717, 1.165) is 50.0 Å². The van der Waals surface area contributed by atoms with Gasteiger partial charge in [-0.3, -0.25) is 4.79 Å². The molecule has 6 heteroatoms. The first-order valence-electron chi connectivity index (χ1n) is 9.22. The second kappa shape index (κ2) is 6.09. The van der Waals surface area contributed by atoms with Crippen LogP contribution < -0.4 is 4.90 Å². The van der Waals surface area contributed by atoms with E-state index in [2.05, 4.69) is 33.5 Å². The molecule has 0 N–H and O–H groups in total. The number of aromatic nitrogens is 2. The van der Waals surface area contributed by atoms with Gasteiger partial charge in [-0.05, 0) is 36.8 Å². The SMILES string of the molecule is O=C(C1CCN(c2nc(C3CC3)ns2)C1)N1CCc2ccccc2C1. The summed E-state index contributed by atoms with van der Waals surface area (Å²) in [5, 5.41) is 1.00. The number of nitrogens with zero attached hydrogens (tertiary/aromatic N) is 4. The predicted molar refractivity (Wildman–Crippen MR) is 97.8 cm³/mol. The molecule has 3 heterocycles. The van der Waals surface area contributed by atoms with Crippen LogP contribution in [0.15, 0.2) is 24.3 Å². The van der Waals surface area contributed by atoms with Crippen LogP contribution in [0.1, 0.15) is 42.1 Å². The van der Waals surface area contributed by atoms with Crippen molar-refractivity contribution >= 4 is 22.6 Å². The summed E-state index contributed by atoms with van der Waals surface area (Å²) in [4.78, 5) is 22.0. The van der Waals surface area contributed by atoms with Crippen molar-refractivity contribution in [2.45, 2.75) is 38.1 Å². The molecular formula is C19H22N4OS. The normalized spacial score (nSPS) is 23.0. The molecule has 5 rings (SSSR count). The van der Waals surface area contributed by atoms with Gasteiger partial charge in [0.25, 0.3) is 0 Å². The monoisotopic (exact) mass is 354 g/mol. The predicted octanol–water partition coefficient (Wildman–Crippen LogP) is 2.83. The Hall–Kier alpha value is -1.95. The standard InChI is InChI=1S/C19H22N4OS/c24-18(22-9-7-13-3-1-2-4-15(13)11-22)16-8-10-23(12-16)19-20-17(21-25-19)14-5-6-14/h1-4,14,16H,5-12H2. The van der Waals surface area contributed by atoms with Crippen molar-refractivity contribution in [2.24, 2.45) is 5.92 Å². The largest absolute Gasteiger partial charge is 0.346 e. The average molecular weight is 354 g/mol. The van der Waals surface area contributed by atoms with Gasteiger partial charge in [0.15, 0.2) is 0 Å². The zero-order valence-corrected chi connectivity index (χ0v) is 15.0. The molecule has 2 aliphatic heterocycles. The minimum Gasteiger partial charge on any atom is -0.346 e. The van der Waals surface area contributed by atoms with Gasteiger partial charge < -0.3 is 9.80 Å². The molecule has 1 atom stereocenters. The zero-order chi connectivity index (χ0) is 16.8. The van der Waals surface area contributed by atoms with Gasteiger partial charge in [0, 0.05) is 43.6 Å². The van der Waals surface area contributed by atoms with Crippen molar-refractivity contribution in [1.82, 2.24) is 14.3 Å². The van der Waals surface area contributed by atoms with Crippen LogP contribution in [0.3, 0.4) is 0 Å². The topological polar surface area (TPSA) is 49.3 Å². The third-order valence-corrected chi connectivity index (χ3v) is 6.41.